The number of urea groups is 1. The van der Waals surface area contributed by atoms with Gasteiger partial charge in [-0.05, 0) is 0 Å². The summed E-state index contributed by atoms with van der Waals surface area (Å²) in [5.74, 6) is -1.17. The number of carbonyl (C=O) groups is 2. The van der Waals surface area contributed by atoms with Crippen molar-refractivity contribution in [2.75, 3.05) is 30.9 Å². The third-order valence-corrected chi connectivity index (χ3v) is 3.25. The number of hydrogen-bond donors (Lipinski definition) is 2. The number of nitrogens with zero attached hydrogens (tertiary/aromatic N) is 3. The van der Waals surface area contributed by atoms with Crippen LogP contribution >= 0.6 is 0 Å². The number of rotatable bonds is 6. The summed E-state index contributed by atoms with van der Waals surface area (Å²) in [7, 11) is -1.68. The molecule has 0 spiro atoms. The summed E-state index contributed by atoms with van der Waals surface area (Å²) >= 11 is 0. The van der Waals surface area contributed by atoms with Gasteiger partial charge in [-0.25, -0.2) is 13.2 Å². The molecular weight excluding hydrogens is 288 g/mol. The lowest BCUT2D eigenvalue weighted by molar-refractivity contribution is -0.137. The van der Waals surface area contributed by atoms with Crippen molar-refractivity contribution in [3.8, 4) is 0 Å². The van der Waals surface area contributed by atoms with E-state index in [1.807, 2.05) is 0 Å². The summed E-state index contributed by atoms with van der Waals surface area (Å²) < 4.78 is 23.2. The molecule has 1 aromatic rings. The van der Waals surface area contributed by atoms with E-state index < -0.39 is 21.8 Å². The Morgan fingerprint density at radius 3 is 2.70 bits per heavy atom. The van der Waals surface area contributed by atoms with Gasteiger partial charge in [0.05, 0.1) is 17.6 Å². The first-order valence-electron chi connectivity index (χ1n) is 5.61. The molecule has 1 rings (SSSR count). The number of hydrogen-bond acceptors (Lipinski definition) is 5. The second-order valence-corrected chi connectivity index (χ2v) is 6.56. The van der Waals surface area contributed by atoms with Crippen molar-refractivity contribution in [2.45, 2.75) is 6.54 Å². The normalized spacial score (nSPS) is 11.1. The summed E-state index contributed by atoms with van der Waals surface area (Å²) in [6.45, 7) is -0.242. The molecular formula is C10H16N4O5S. The Bertz CT molecular complexity index is 595. The third kappa shape index (κ3) is 5.69. The maximum atomic E-state index is 11.7. The van der Waals surface area contributed by atoms with Crippen molar-refractivity contribution >= 4 is 27.5 Å². The summed E-state index contributed by atoms with van der Waals surface area (Å²) in [6.07, 6.45) is 3.77. The standard InChI is InChI=1S/C10H16N4O5S/c1-13(3-4-20(2,18)19)10(17)12-8-5-11-14(6-8)7-9(15)16/h5-6H,3-4,7H2,1-2H3,(H,12,17)(H,15,16). The molecule has 0 saturated heterocycles. The predicted octanol–water partition coefficient (Wildman–Crippen LogP) is -0.524. The molecule has 2 N–H and O–H groups in total. The topological polar surface area (TPSA) is 122 Å². The molecule has 0 fully saturated rings. The fourth-order valence-corrected chi connectivity index (χ4v) is 1.88. The Labute approximate surface area is 116 Å². The number of carboxylic acids is 1. The molecule has 20 heavy (non-hydrogen) atoms. The molecule has 10 heteroatoms. The first kappa shape index (κ1) is 16.0. The van der Waals surface area contributed by atoms with Gasteiger partial charge in [-0.15, -0.1) is 0 Å². The second-order valence-electron chi connectivity index (χ2n) is 4.30. The molecule has 1 heterocycles. The molecule has 0 aromatic carbocycles. The number of anilines is 1. The number of carbonyl (C=O) groups excluding carboxylic acids is 1. The summed E-state index contributed by atoms with van der Waals surface area (Å²) in [5, 5.41) is 14.8. The van der Waals surface area contributed by atoms with Crippen LogP contribution in [-0.2, 0) is 21.2 Å². The van der Waals surface area contributed by atoms with Crippen LogP contribution in [0, 0.1) is 0 Å². The van der Waals surface area contributed by atoms with Crippen LogP contribution in [0.2, 0.25) is 0 Å². The first-order valence-corrected chi connectivity index (χ1v) is 7.67. The molecule has 0 bridgehead atoms. The van der Waals surface area contributed by atoms with Gasteiger partial charge >= 0.3 is 12.0 Å². The predicted molar refractivity (Wildman–Crippen MR) is 71.2 cm³/mol. The number of aliphatic carboxylic acids is 1. The monoisotopic (exact) mass is 304 g/mol. The summed E-state index contributed by atoms with van der Waals surface area (Å²) in [4.78, 5) is 23.4. The number of aromatic nitrogens is 2. The van der Waals surface area contributed by atoms with E-state index in [0.717, 1.165) is 10.9 Å². The van der Waals surface area contributed by atoms with Crippen molar-refractivity contribution < 1.29 is 23.1 Å². The average Bonchev–Trinajstić information content (AvgIpc) is 2.71. The maximum Gasteiger partial charge on any atom is 0.325 e. The van der Waals surface area contributed by atoms with Crippen molar-refractivity contribution in [3.05, 3.63) is 12.4 Å². The zero-order chi connectivity index (χ0) is 15.3. The van der Waals surface area contributed by atoms with Gasteiger partial charge in [0.1, 0.15) is 16.4 Å². The van der Waals surface area contributed by atoms with Crippen LogP contribution in [0.15, 0.2) is 12.4 Å². The van der Waals surface area contributed by atoms with Gasteiger partial charge in [-0.3, -0.25) is 9.48 Å². The lowest BCUT2D eigenvalue weighted by Crippen LogP contribution is -2.34. The van der Waals surface area contributed by atoms with E-state index in [-0.39, 0.29) is 18.8 Å². The molecule has 9 nitrogen and oxygen atoms in total. The minimum Gasteiger partial charge on any atom is -0.480 e. The highest BCUT2D eigenvalue weighted by Gasteiger charge is 2.12. The van der Waals surface area contributed by atoms with E-state index in [1.165, 1.54) is 24.3 Å². The fourth-order valence-electron chi connectivity index (χ4n) is 1.28. The van der Waals surface area contributed by atoms with Crippen LogP contribution in [0.1, 0.15) is 0 Å². The highest BCUT2D eigenvalue weighted by molar-refractivity contribution is 7.90. The molecule has 0 radical (unpaired) electrons. The van der Waals surface area contributed by atoms with Crippen LogP contribution in [0.25, 0.3) is 0 Å². The van der Waals surface area contributed by atoms with E-state index in [1.54, 1.807) is 0 Å². The quantitative estimate of drug-likeness (QED) is 0.729. The Morgan fingerprint density at radius 1 is 1.50 bits per heavy atom. The summed E-state index contributed by atoms with van der Waals surface area (Å²) in [5.41, 5.74) is 0.336. The molecule has 112 valence electrons. The molecule has 0 aliphatic carbocycles. The van der Waals surface area contributed by atoms with Gasteiger partial charge in [0, 0.05) is 26.0 Å². The maximum absolute atomic E-state index is 11.7. The van der Waals surface area contributed by atoms with E-state index in [4.69, 9.17) is 5.11 Å². The van der Waals surface area contributed by atoms with Crippen molar-refractivity contribution in [1.29, 1.82) is 0 Å². The second kappa shape index (κ2) is 6.37. The highest BCUT2D eigenvalue weighted by Crippen LogP contribution is 2.06. The molecule has 0 aliphatic heterocycles. The van der Waals surface area contributed by atoms with Crippen molar-refractivity contribution in [1.82, 2.24) is 14.7 Å². The molecule has 0 unspecified atom stereocenters. The molecule has 1 aromatic heterocycles. The lowest BCUT2D eigenvalue weighted by Gasteiger charge is -2.16. The van der Waals surface area contributed by atoms with Gasteiger partial charge in [0.25, 0.3) is 0 Å². The highest BCUT2D eigenvalue weighted by atomic mass is 32.2. The van der Waals surface area contributed by atoms with E-state index in [2.05, 4.69) is 10.4 Å². The Hall–Kier alpha value is -2.10. The summed E-state index contributed by atoms with van der Waals surface area (Å²) in [6, 6.07) is -0.497. The number of carboxylic acid groups (broad SMARTS) is 1. The zero-order valence-electron chi connectivity index (χ0n) is 11.1. The Kier molecular flexibility index (Phi) is 5.08. The minimum atomic E-state index is -3.14. The number of sulfone groups is 1. The fraction of sp³-hybridized carbons (Fsp3) is 0.500. The van der Waals surface area contributed by atoms with Crippen LogP contribution in [0.5, 0.6) is 0 Å². The van der Waals surface area contributed by atoms with Crippen LogP contribution in [-0.4, -0.2) is 65.8 Å². The third-order valence-electron chi connectivity index (χ3n) is 2.33. The van der Waals surface area contributed by atoms with E-state index in [0.29, 0.717) is 5.69 Å². The Balaban J connectivity index is 2.53. The molecule has 0 saturated carbocycles. The lowest BCUT2D eigenvalue weighted by atomic mass is 10.5. The van der Waals surface area contributed by atoms with Gasteiger partial charge in [0.2, 0.25) is 0 Å². The van der Waals surface area contributed by atoms with Gasteiger partial charge in [-0.1, -0.05) is 0 Å². The number of nitrogens with one attached hydrogen (secondary N) is 1. The number of amides is 2. The first-order chi connectivity index (χ1) is 9.17. The van der Waals surface area contributed by atoms with E-state index >= 15 is 0 Å². The van der Waals surface area contributed by atoms with Crippen LogP contribution in [0.4, 0.5) is 10.5 Å². The van der Waals surface area contributed by atoms with Gasteiger partial charge < -0.3 is 15.3 Å². The van der Waals surface area contributed by atoms with Gasteiger partial charge in [-0.2, -0.15) is 5.10 Å². The van der Waals surface area contributed by atoms with Crippen molar-refractivity contribution in [2.24, 2.45) is 0 Å². The van der Waals surface area contributed by atoms with Gasteiger partial charge in [0.15, 0.2) is 0 Å². The van der Waals surface area contributed by atoms with Crippen molar-refractivity contribution in [3.63, 3.8) is 0 Å². The molecule has 2 amide bonds. The zero-order valence-corrected chi connectivity index (χ0v) is 11.9. The van der Waals surface area contributed by atoms with E-state index in [9.17, 15) is 18.0 Å². The van der Waals surface area contributed by atoms with Crippen LogP contribution in [0.3, 0.4) is 0 Å². The van der Waals surface area contributed by atoms with Crippen LogP contribution < -0.4 is 5.32 Å². The smallest absolute Gasteiger partial charge is 0.325 e. The average molecular weight is 304 g/mol. The Morgan fingerprint density at radius 2 is 2.15 bits per heavy atom. The SMILES string of the molecule is CN(CCS(C)(=O)=O)C(=O)Nc1cnn(CC(=O)O)c1. The minimum absolute atomic E-state index is 0.0634. The molecule has 0 atom stereocenters. The largest absolute Gasteiger partial charge is 0.480 e. The molecule has 0 aliphatic rings.